The Kier molecular flexibility index (Phi) is 2.88. The largest absolute Gasteiger partial charge is 0.478 e. The number of hydrogen-bond acceptors (Lipinski definition) is 3. The first-order chi connectivity index (χ1) is 6.50. The number of benzene rings is 1. The van der Waals surface area contributed by atoms with Crippen LogP contribution in [-0.4, -0.2) is 16.2 Å². The average molecular weight is 211 g/mol. The third kappa shape index (κ3) is 2.33. The van der Waals surface area contributed by atoms with Gasteiger partial charge in [-0.05, 0) is 30.4 Å². The summed E-state index contributed by atoms with van der Waals surface area (Å²) in [6.07, 6.45) is 0. The van der Waals surface area contributed by atoms with Crippen molar-refractivity contribution in [2.45, 2.75) is 0 Å². The minimum absolute atomic E-state index is 0.0197. The van der Waals surface area contributed by atoms with Gasteiger partial charge in [0.25, 0.3) is 0 Å². The van der Waals surface area contributed by atoms with E-state index in [-0.39, 0.29) is 16.4 Å². The van der Waals surface area contributed by atoms with E-state index in [1.54, 1.807) is 6.07 Å². The highest BCUT2D eigenvalue weighted by Gasteiger charge is 2.08. The molecule has 0 spiro atoms. The monoisotopic (exact) mass is 211 g/mol. The van der Waals surface area contributed by atoms with Crippen LogP contribution in [0.15, 0.2) is 18.2 Å². The first kappa shape index (κ1) is 10.3. The van der Waals surface area contributed by atoms with Crippen LogP contribution in [0.4, 0.5) is 11.4 Å². The predicted octanol–water partition coefficient (Wildman–Crippen LogP) is 0.622. The number of thiocarbonyl (C=S) groups is 1. The highest BCUT2D eigenvalue weighted by Crippen LogP contribution is 2.17. The third-order valence-electron chi connectivity index (χ3n) is 1.55. The van der Waals surface area contributed by atoms with Gasteiger partial charge in [-0.3, -0.25) is 0 Å². The Balaban J connectivity index is 3.06. The van der Waals surface area contributed by atoms with Crippen LogP contribution in [0.5, 0.6) is 0 Å². The van der Waals surface area contributed by atoms with Crippen LogP contribution in [0.1, 0.15) is 10.4 Å². The highest BCUT2D eigenvalue weighted by molar-refractivity contribution is 7.80. The van der Waals surface area contributed by atoms with Gasteiger partial charge in [-0.1, -0.05) is 0 Å². The molecular weight excluding hydrogens is 202 g/mol. The van der Waals surface area contributed by atoms with Gasteiger partial charge in [0.2, 0.25) is 0 Å². The maximum atomic E-state index is 10.7. The lowest BCUT2D eigenvalue weighted by Crippen LogP contribution is -2.19. The van der Waals surface area contributed by atoms with Crippen molar-refractivity contribution in [3.8, 4) is 0 Å². The van der Waals surface area contributed by atoms with Gasteiger partial charge in [-0.25, -0.2) is 4.79 Å². The number of nitrogen functional groups attached to an aromatic ring is 1. The van der Waals surface area contributed by atoms with Crippen molar-refractivity contribution >= 4 is 34.7 Å². The van der Waals surface area contributed by atoms with E-state index < -0.39 is 5.97 Å². The molecule has 1 aromatic rings. The average Bonchev–Trinajstić information content (AvgIpc) is 2.07. The van der Waals surface area contributed by atoms with Crippen molar-refractivity contribution in [2.75, 3.05) is 11.1 Å². The van der Waals surface area contributed by atoms with E-state index in [9.17, 15) is 4.79 Å². The van der Waals surface area contributed by atoms with Gasteiger partial charge in [-0.2, -0.15) is 0 Å². The van der Waals surface area contributed by atoms with Crippen LogP contribution >= 0.6 is 12.2 Å². The fourth-order valence-corrected chi connectivity index (χ4v) is 1.08. The molecule has 6 N–H and O–H groups in total. The third-order valence-corrected chi connectivity index (χ3v) is 1.65. The molecular formula is C8H9N3O2S. The second kappa shape index (κ2) is 3.93. The van der Waals surface area contributed by atoms with Crippen molar-refractivity contribution in [2.24, 2.45) is 5.73 Å². The molecule has 0 aliphatic rings. The second-order valence-electron chi connectivity index (χ2n) is 2.60. The van der Waals surface area contributed by atoms with Gasteiger partial charge in [0, 0.05) is 11.4 Å². The number of rotatable bonds is 2. The zero-order chi connectivity index (χ0) is 10.7. The molecule has 0 saturated heterocycles. The fraction of sp³-hybridized carbons (Fsp3) is 0. The van der Waals surface area contributed by atoms with E-state index in [4.69, 9.17) is 16.6 Å². The Labute approximate surface area is 85.7 Å². The molecule has 0 amide bonds. The molecule has 0 aromatic heterocycles. The normalized spacial score (nSPS) is 9.43. The number of carboxylic acid groups (broad SMARTS) is 1. The molecule has 0 aliphatic heterocycles. The number of aromatic carboxylic acids is 1. The van der Waals surface area contributed by atoms with Crippen LogP contribution in [-0.2, 0) is 0 Å². The van der Waals surface area contributed by atoms with Gasteiger partial charge >= 0.3 is 5.97 Å². The van der Waals surface area contributed by atoms with Gasteiger partial charge in [0.15, 0.2) is 5.11 Å². The maximum Gasteiger partial charge on any atom is 0.337 e. The smallest absolute Gasteiger partial charge is 0.337 e. The van der Waals surface area contributed by atoms with Crippen molar-refractivity contribution in [3.05, 3.63) is 23.8 Å². The number of nitrogens with one attached hydrogen (secondary N) is 1. The zero-order valence-electron chi connectivity index (χ0n) is 7.15. The zero-order valence-corrected chi connectivity index (χ0v) is 7.97. The molecule has 1 rings (SSSR count). The Morgan fingerprint density at radius 3 is 2.64 bits per heavy atom. The summed E-state index contributed by atoms with van der Waals surface area (Å²) in [6.45, 7) is 0. The van der Waals surface area contributed by atoms with Crippen LogP contribution in [0.3, 0.4) is 0 Å². The number of hydrogen-bond donors (Lipinski definition) is 4. The fourth-order valence-electron chi connectivity index (χ4n) is 0.962. The van der Waals surface area contributed by atoms with E-state index in [2.05, 4.69) is 17.5 Å². The van der Waals surface area contributed by atoms with Gasteiger partial charge < -0.3 is 21.9 Å². The lowest BCUT2D eigenvalue weighted by Gasteiger charge is -2.06. The summed E-state index contributed by atoms with van der Waals surface area (Å²) < 4.78 is 0. The van der Waals surface area contributed by atoms with Crippen molar-refractivity contribution < 1.29 is 9.90 Å². The summed E-state index contributed by atoms with van der Waals surface area (Å²) in [6, 6.07) is 4.45. The van der Waals surface area contributed by atoms with Crippen molar-refractivity contribution in [1.82, 2.24) is 0 Å². The van der Waals surface area contributed by atoms with E-state index in [0.717, 1.165) is 0 Å². The molecule has 6 heteroatoms. The highest BCUT2D eigenvalue weighted by atomic mass is 32.1. The molecule has 0 atom stereocenters. The molecule has 0 saturated carbocycles. The summed E-state index contributed by atoms with van der Waals surface area (Å²) in [7, 11) is 0. The minimum Gasteiger partial charge on any atom is -0.478 e. The number of nitrogens with two attached hydrogens (primary N) is 2. The molecule has 0 bridgehead atoms. The molecule has 0 fully saturated rings. The second-order valence-corrected chi connectivity index (χ2v) is 3.04. The van der Waals surface area contributed by atoms with E-state index in [1.165, 1.54) is 12.1 Å². The molecule has 5 nitrogen and oxygen atoms in total. The molecule has 74 valence electrons. The number of anilines is 2. The van der Waals surface area contributed by atoms with Crippen LogP contribution in [0, 0.1) is 0 Å². The lowest BCUT2D eigenvalue weighted by atomic mass is 10.1. The van der Waals surface area contributed by atoms with Gasteiger partial charge in [0.05, 0.1) is 5.56 Å². The van der Waals surface area contributed by atoms with Gasteiger partial charge in [0.1, 0.15) is 0 Å². The van der Waals surface area contributed by atoms with Crippen LogP contribution in [0.2, 0.25) is 0 Å². The minimum atomic E-state index is -1.09. The molecule has 0 radical (unpaired) electrons. The molecule has 0 heterocycles. The van der Waals surface area contributed by atoms with Gasteiger partial charge in [-0.15, -0.1) is 0 Å². The van der Waals surface area contributed by atoms with Crippen molar-refractivity contribution in [1.29, 1.82) is 0 Å². The Hall–Kier alpha value is -1.82. The topological polar surface area (TPSA) is 101 Å². The summed E-state index contributed by atoms with van der Waals surface area (Å²) in [5.41, 5.74) is 11.4. The Morgan fingerprint density at radius 1 is 1.50 bits per heavy atom. The first-order valence-corrected chi connectivity index (χ1v) is 4.11. The number of carboxylic acids is 1. The van der Waals surface area contributed by atoms with Crippen molar-refractivity contribution in [3.63, 3.8) is 0 Å². The summed E-state index contributed by atoms with van der Waals surface area (Å²) in [5, 5.41) is 11.4. The summed E-state index contributed by atoms with van der Waals surface area (Å²) >= 11 is 4.61. The maximum absolute atomic E-state index is 10.7. The molecule has 1 aromatic carbocycles. The SMILES string of the molecule is NC(=S)Nc1ccc(N)c(C(=O)O)c1. The molecule has 14 heavy (non-hydrogen) atoms. The standard InChI is InChI=1S/C8H9N3O2S/c9-6-2-1-4(11-8(10)14)3-5(6)7(12)13/h1-3H,9H2,(H,12,13)(H3,10,11,14). The lowest BCUT2D eigenvalue weighted by molar-refractivity contribution is 0.0698. The van der Waals surface area contributed by atoms with Crippen LogP contribution < -0.4 is 16.8 Å². The first-order valence-electron chi connectivity index (χ1n) is 3.70. The molecule has 0 aliphatic carbocycles. The van der Waals surface area contributed by atoms with E-state index >= 15 is 0 Å². The quantitative estimate of drug-likeness (QED) is 0.422. The number of carbonyl (C=O) groups is 1. The van der Waals surface area contributed by atoms with Crippen LogP contribution in [0.25, 0.3) is 0 Å². The molecule has 0 unspecified atom stereocenters. The Bertz CT molecular complexity index is 392. The predicted molar refractivity (Wildman–Crippen MR) is 58.2 cm³/mol. The van der Waals surface area contributed by atoms with E-state index in [1.807, 2.05) is 0 Å². The Morgan fingerprint density at radius 2 is 2.14 bits per heavy atom. The summed E-state index contributed by atoms with van der Waals surface area (Å²) in [4.78, 5) is 10.7. The summed E-state index contributed by atoms with van der Waals surface area (Å²) in [5.74, 6) is -1.09. The van der Waals surface area contributed by atoms with E-state index in [0.29, 0.717) is 5.69 Å².